The molecule has 176 valence electrons. The van der Waals surface area contributed by atoms with Crippen LogP contribution in [0.4, 0.5) is 0 Å². The summed E-state index contributed by atoms with van der Waals surface area (Å²) in [6, 6.07) is 10.9. The largest absolute Gasteiger partial charge is 0.481 e. The lowest BCUT2D eigenvalue weighted by Crippen LogP contribution is -2.39. The molecule has 0 unspecified atom stereocenters. The molecular formula is C30H44O2. The molecule has 1 aromatic carbocycles. The molecule has 2 nitrogen and oxygen atoms in total. The fourth-order valence-electron chi connectivity index (χ4n) is 6.35. The molecule has 32 heavy (non-hydrogen) atoms. The lowest BCUT2D eigenvalue weighted by atomic mass is 9.60. The molecule has 0 heterocycles. The maximum Gasteiger partial charge on any atom is 0.303 e. The average molecular weight is 437 g/mol. The zero-order chi connectivity index (χ0) is 22.7. The van der Waals surface area contributed by atoms with E-state index < -0.39 is 5.97 Å². The summed E-state index contributed by atoms with van der Waals surface area (Å²) in [6.45, 7) is 2.26. The highest BCUT2D eigenvalue weighted by Crippen LogP contribution is 2.53. The third-order valence-electron chi connectivity index (χ3n) is 7.96. The second kappa shape index (κ2) is 13.0. The van der Waals surface area contributed by atoms with Crippen LogP contribution in [0.5, 0.6) is 0 Å². The molecule has 2 aliphatic rings. The second-order valence-electron chi connectivity index (χ2n) is 10.2. The Morgan fingerprint density at radius 2 is 1.72 bits per heavy atom. The Morgan fingerprint density at radius 1 is 1.00 bits per heavy atom. The molecule has 2 aliphatic carbocycles. The summed E-state index contributed by atoms with van der Waals surface area (Å²) in [6.07, 6.45) is 25.9. The van der Waals surface area contributed by atoms with Crippen LogP contribution in [-0.2, 0) is 10.2 Å². The van der Waals surface area contributed by atoms with E-state index in [9.17, 15) is 9.90 Å². The SMILES string of the molecule is CCCCCCC=CCCC[C@H]1C=C[C@@H](C2(c3ccccc3)CCCC2)[C@H](CC(=O)O)C1. The van der Waals surface area contributed by atoms with Crippen molar-refractivity contribution >= 4 is 5.97 Å². The third kappa shape index (κ3) is 6.83. The molecule has 0 aromatic heterocycles. The van der Waals surface area contributed by atoms with Crippen molar-refractivity contribution in [2.45, 2.75) is 102 Å². The van der Waals surface area contributed by atoms with E-state index in [4.69, 9.17) is 0 Å². The Morgan fingerprint density at radius 3 is 2.41 bits per heavy atom. The standard InChI is InChI=1S/C30H44O2/c1-2-3-4-5-6-7-8-9-11-16-25-19-20-28(26(23-25)24-29(31)32)30(21-14-15-22-30)27-17-12-10-13-18-27/h7-8,10,12-13,17-20,25-26,28H,2-6,9,11,14-16,21-24H2,1H3,(H,31,32)/t25-,26-,28+/m0/s1. The van der Waals surface area contributed by atoms with Crippen molar-refractivity contribution in [1.82, 2.24) is 0 Å². The number of carboxylic acid groups (broad SMARTS) is 1. The van der Waals surface area contributed by atoms with Gasteiger partial charge in [-0.05, 0) is 74.7 Å². The molecule has 1 fully saturated rings. The van der Waals surface area contributed by atoms with E-state index in [-0.39, 0.29) is 11.3 Å². The molecule has 0 spiro atoms. The van der Waals surface area contributed by atoms with Crippen molar-refractivity contribution in [3.05, 3.63) is 60.2 Å². The molecule has 0 aliphatic heterocycles. The minimum Gasteiger partial charge on any atom is -0.481 e. The summed E-state index contributed by atoms with van der Waals surface area (Å²) in [5.74, 6) is 0.488. The van der Waals surface area contributed by atoms with Gasteiger partial charge in [-0.25, -0.2) is 0 Å². The zero-order valence-corrected chi connectivity index (χ0v) is 20.2. The normalized spacial score (nSPS) is 24.8. The van der Waals surface area contributed by atoms with Crippen LogP contribution in [0.2, 0.25) is 0 Å². The molecule has 1 N–H and O–H groups in total. The summed E-state index contributed by atoms with van der Waals surface area (Å²) in [5, 5.41) is 9.68. The Hall–Kier alpha value is -1.83. The highest BCUT2D eigenvalue weighted by molar-refractivity contribution is 5.67. The topological polar surface area (TPSA) is 37.3 Å². The molecular weight excluding hydrogens is 392 g/mol. The van der Waals surface area contributed by atoms with Gasteiger partial charge in [-0.15, -0.1) is 0 Å². The summed E-state index contributed by atoms with van der Waals surface area (Å²) < 4.78 is 0. The molecule has 0 amide bonds. The number of benzene rings is 1. The van der Waals surface area contributed by atoms with Gasteiger partial charge >= 0.3 is 5.97 Å². The van der Waals surface area contributed by atoms with Gasteiger partial charge in [0.2, 0.25) is 0 Å². The molecule has 0 bridgehead atoms. The van der Waals surface area contributed by atoms with Crippen molar-refractivity contribution in [3.8, 4) is 0 Å². The second-order valence-corrected chi connectivity index (χ2v) is 10.2. The minimum absolute atomic E-state index is 0.128. The molecule has 0 saturated heterocycles. The first-order valence-electron chi connectivity index (χ1n) is 13.3. The van der Waals surface area contributed by atoms with Crippen molar-refractivity contribution in [2.75, 3.05) is 0 Å². The van der Waals surface area contributed by atoms with E-state index in [1.807, 2.05) is 0 Å². The predicted molar refractivity (Wildman–Crippen MR) is 135 cm³/mol. The van der Waals surface area contributed by atoms with E-state index in [0.717, 1.165) is 12.8 Å². The van der Waals surface area contributed by atoms with Gasteiger partial charge in [0.05, 0.1) is 0 Å². The number of rotatable bonds is 13. The summed E-state index contributed by atoms with van der Waals surface area (Å²) in [4.78, 5) is 11.8. The van der Waals surface area contributed by atoms with Crippen LogP contribution in [0, 0.1) is 17.8 Å². The first kappa shape index (κ1) is 24.8. The fraction of sp³-hybridized carbons (Fsp3) is 0.633. The number of aliphatic carboxylic acids is 1. The van der Waals surface area contributed by atoms with Crippen LogP contribution in [0.1, 0.15) is 102 Å². The fourth-order valence-corrected chi connectivity index (χ4v) is 6.35. The first-order valence-corrected chi connectivity index (χ1v) is 13.3. The highest BCUT2D eigenvalue weighted by Gasteiger charge is 2.46. The number of unbranched alkanes of at least 4 members (excludes halogenated alkanes) is 5. The molecule has 3 atom stereocenters. The summed E-state index contributed by atoms with van der Waals surface area (Å²) >= 11 is 0. The molecule has 2 heteroatoms. The van der Waals surface area contributed by atoms with Gasteiger partial charge in [0.25, 0.3) is 0 Å². The molecule has 1 aromatic rings. The van der Waals surface area contributed by atoms with Crippen LogP contribution >= 0.6 is 0 Å². The highest BCUT2D eigenvalue weighted by atomic mass is 16.4. The lowest BCUT2D eigenvalue weighted by Gasteiger charge is -2.44. The average Bonchev–Trinajstić information content (AvgIpc) is 3.29. The number of carboxylic acids is 1. The summed E-state index contributed by atoms with van der Waals surface area (Å²) in [7, 11) is 0. The number of hydrogen-bond donors (Lipinski definition) is 1. The molecule has 1 saturated carbocycles. The van der Waals surface area contributed by atoms with Crippen molar-refractivity contribution < 1.29 is 9.90 Å². The summed E-state index contributed by atoms with van der Waals surface area (Å²) in [5.41, 5.74) is 1.55. The Balaban J connectivity index is 1.59. The van der Waals surface area contributed by atoms with Gasteiger partial charge in [0.1, 0.15) is 0 Å². The van der Waals surface area contributed by atoms with Gasteiger partial charge in [0.15, 0.2) is 0 Å². The number of hydrogen-bond acceptors (Lipinski definition) is 1. The molecule has 3 rings (SSSR count). The monoisotopic (exact) mass is 436 g/mol. The maximum atomic E-state index is 11.8. The lowest BCUT2D eigenvalue weighted by molar-refractivity contribution is -0.138. The van der Waals surface area contributed by atoms with Crippen LogP contribution in [-0.4, -0.2) is 11.1 Å². The van der Waals surface area contributed by atoms with Crippen LogP contribution in [0.3, 0.4) is 0 Å². The predicted octanol–water partition coefficient (Wildman–Crippen LogP) is 8.48. The first-order chi connectivity index (χ1) is 15.7. The maximum absolute atomic E-state index is 11.8. The van der Waals surface area contributed by atoms with Gasteiger partial charge in [-0.1, -0.05) is 93.7 Å². The minimum atomic E-state index is -0.638. The van der Waals surface area contributed by atoms with E-state index >= 15 is 0 Å². The van der Waals surface area contributed by atoms with Crippen molar-refractivity contribution in [2.24, 2.45) is 17.8 Å². The van der Waals surface area contributed by atoms with E-state index in [1.165, 1.54) is 76.2 Å². The quantitative estimate of drug-likeness (QED) is 0.249. The van der Waals surface area contributed by atoms with Crippen molar-refractivity contribution in [1.29, 1.82) is 0 Å². The van der Waals surface area contributed by atoms with E-state index in [2.05, 4.69) is 61.6 Å². The third-order valence-corrected chi connectivity index (χ3v) is 7.96. The van der Waals surface area contributed by atoms with Gasteiger partial charge in [-0.2, -0.15) is 0 Å². The number of carbonyl (C=O) groups is 1. The Bertz CT molecular complexity index is 726. The van der Waals surface area contributed by atoms with Crippen LogP contribution in [0.15, 0.2) is 54.6 Å². The van der Waals surface area contributed by atoms with Crippen LogP contribution in [0.25, 0.3) is 0 Å². The van der Waals surface area contributed by atoms with Crippen molar-refractivity contribution in [3.63, 3.8) is 0 Å². The van der Waals surface area contributed by atoms with Gasteiger partial charge in [-0.3, -0.25) is 4.79 Å². The van der Waals surface area contributed by atoms with E-state index in [1.54, 1.807) is 0 Å². The Labute approximate surface area is 196 Å². The van der Waals surface area contributed by atoms with Crippen LogP contribution < -0.4 is 0 Å². The van der Waals surface area contributed by atoms with Gasteiger partial charge in [0, 0.05) is 11.8 Å². The smallest absolute Gasteiger partial charge is 0.303 e. The van der Waals surface area contributed by atoms with E-state index in [0.29, 0.717) is 18.3 Å². The van der Waals surface area contributed by atoms with Gasteiger partial charge < -0.3 is 5.11 Å². The number of allylic oxidation sites excluding steroid dienone is 4. The Kier molecular flexibility index (Phi) is 10.1. The molecule has 0 radical (unpaired) electrons. The zero-order valence-electron chi connectivity index (χ0n) is 20.2.